The van der Waals surface area contributed by atoms with Gasteiger partial charge in [0.15, 0.2) is 16.4 Å². The molecule has 0 aromatic heterocycles. The van der Waals surface area contributed by atoms with E-state index in [1.54, 1.807) is 23.1 Å². The van der Waals surface area contributed by atoms with Crippen molar-refractivity contribution in [3.8, 4) is 5.75 Å². The van der Waals surface area contributed by atoms with Crippen molar-refractivity contribution in [1.82, 2.24) is 4.90 Å². The van der Waals surface area contributed by atoms with Crippen molar-refractivity contribution in [3.05, 3.63) is 63.6 Å². The van der Waals surface area contributed by atoms with E-state index in [1.165, 1.54) is 5.56 Å². The van der Waals surface area contributed by atoms with Gasteiger partial charge in [-0.2, -0.15) is 0 Å². The minimum Gasteiger partial charge on any atom is -0.484 e. The van der Waals surface area contributed by atoms with E-state index < -0.39 is 15.9 Å². The van der Waals surface area contributed by atoms with Crippen molar-refractivity contribution in [3.63, 3.8) is 0 Å². The van der Waals surface area contributed by atoms with Crippen molar-refractivity contribution < 1.29 is 17.9 Å². The van der Waals surface area contributed by atoms with Crippen molar-refractivity contribution in [2.45, 2.75) is 32.4 Å². The van der Waals surface area contributed by atoms with Crippen LogP contribution < -0.4 is 4.74 Å². The number of benzene rings is 2. The molecule has 1 aliphatic rings. The van der Waals surface area contributed by atoms with Crippen LogP contribution in [0.5, 0.6) is 5.75 Å². The Kier molecular flexibility index (Phi) is 7.09. The molecular formula is C21H23Cl2NO4S. The second-order valence-electron chi connectivity index (χ2n) is 7.10. The van der Waals surface area contributed by atoms with Gasteiger partial charge in [0.1, 0.15) is 5.75 Å². The third-order valence-electron chi connectivity index (χ3n) is 5.02. The summed E-state index contributed by atoms with van der Waals surface area (Å²) in [5.41, 5.74) is 1.89. The van der Waals surface area contributed by atoms with Gasteiger partial charge in [-0.25, -0.2) is 8.42 Å². The van der Waals surface area contributed by atoms with Crippen LogP contribution in [0.25, 0.3) is 0 Å². The maximum atomic E-state index is 13.0. The lowest BCUT2D eigenvalue weighted by atomic mass is 10.1. The molecule has 0 saturated carbocycles. The van der Waals surface area contributed by atoms with Crippen LogP contribution >= 0.6 is 23.2 Å². The van der Waals surface area contributed by atoms with Gasteiger partial charge in [-0.1, -0.05) is 48.3 Å². The van der Waals surface area contributed by atoms with Gasteiger partial charge in [0, 0.05) is 22.6 Å². The van der Waals surface area contributed by atoms with Crippen LogP contribution in [-0.4, -0.2) is 43.4 Å². The molecule has 2 aromatic rings. The Morgan fingerprint density at radius 2 is 1.90 bits per heavy atom. The normalized spacial score (nSPS) is 17.8. The Hall–Kier alpha value is -1.76. The summed E-state index contributed by atoms with van der Waals surface area (Å²) < 4.78 is 29.6. The zero-order valence-corrected chi connectivity index (χ0v) is 18.4. The summed E-state index contributed by atoms with van der Waals surface area (Å²) in [7, 11) is -3.15. The molecule has 0 unspecified atom stereocenters. The fraction of sp³-hybridized carbons (Fsp3) is 0.381. The Bertz CT molecular complexity index is 977. The first-order valence-corrected chi connectivity index (χ1v) is 12.0. The van der Waals surface area contributed by atoms with Crippen LogP contribution in [-0.2, 0) is 27.6 Å². The first-order valence-electron chi connectivity index (χ1n) is 9.43. The van der Waals surface area contributed by atoms with Gasteiger partial charge in [-0.05, 0) is 48.2 Å². The number of carbonyl (C=O) groups is 1. The van der Waals surface area contributed by atoms with Crippen LogP contribution in [0.3, 0.4) is 0 Å². The minimum absolute atomic E-state index is 0.0465. The van der Waals surface area contributed by atoms with Gasteiger partial charge in [-0.3, -0.25) is 4.79 Å². The predicted molar refractivity (Wildman–Crippen MR) is 115 cm³/mol. The summed E-state index contributed by atoms with van der Waals surface area (Å²) in [6, 6.07) is 12.2. The molecule has 2 aromatic carbocycles. The second-order valence-corrected chi connectivity index (χ2v) is 10.2. The average molecular weight is 456 g/mol. The highest BCUT2D eigenvalue weighted by Gasteiger charge is 2.35. The number of ether oxygens (including phenoxy) is 1. The Labute approximate surface area is 181 Å². The lowest BCUT2D eigenvalue weighted by Gasteiger charge is -2.29. The number of hydrogen-bond donors (Lipinski definition) is 0. The van der Waals surface area contributed by atoms with E-state index in [9.17, 15) is 13.2 Å². The van der Waals surface area contributed by atoms with Gasteiger partial charge < -0.3 is 9.64 Å². The number of aryl methyl sites for hydroxylation is 1. The molecule has 0 spiro atoms. The van der Waals surface area contributed by atoms with E-state index >= 15 is 0 Å². The van der Waals surface area contributed by atoms with Crippen molar-refractivity contribution >= 4 is 38.9 Å². The largest absolute Gasteiger partial charge is 0.484 e. The summed E-state index contributed by atoms with van der Waals surface area (Å²) in [6.45, 7) is 2.09. The van der Waals surface area contributed by atoms with E-state index in [4.69, 9.17) is 27.9 Å². The third-order valence-corrected chi connectivity index (χ3v) is 7.36. The molecule has 1 atom stereocenters. The molecule has 1 amide bonds. The molecule has 3 rings (SSSR count). The van der Waals surface area contributed by atoms with E-state index in [0.717, 1.165) is 6.42 Å². The summed E-state index contributed by atoms with van der Waals surface area (Å²) in [6.07, 6.45) is 1.33. The monoisotopic (exact) mass is 455 g/mol. The van der Waals surface area contributed by atoms with Gasteiger partial charge in [-0.15, -0.1) is 0 Å². The second kappa shape index (κ2) is 9.37. The number of sulfone groups is 1. The van der Waals surface area contributed by atoms with Crippen LogP contribution in [0.4, 0.5) is 0 Å². The highest BCUT2D eigenvalue weighted by Crippen LogP contribution is 2.26. The van der Waals surface area contributed by atoms with E-state index in [0.29, 0.717) is 27.8 Å². The van der Waals surface area contributed by atoms with Crippen LogP contribution in [0.15, 0.2) is 42.5 Å². The van der Waals surface area contributed by atoms with Gasteiger partial charge in [0.2, 0.25) is 0 Å². The molecule has 1 saturated heterocycles. The maximum Gasteiger partial charge on any atom is 0.261 e. The molecule has 5 nitrogen and oxygen atoms in total. The molecule has 29 heavy (non-hydrogen) atoms. The van der Waals surface area contributed by atoms with Crippen LogP contribution in [0, 0.1) is 0 Å². The van der Waals surface area contributed by atoms with E-state index in [-0.39, 0.29) is 30.6 Å². The Morgan fingerprint density at radius 3 is 2.48 bits per heavy atom. The van der Waals surface area contributed by atoms with Crippen molar-refractivity contribution in [2.24, 2.45) is 0 Å². The van der Waals surface area contributed by atoms with E-state index in [1.807, 2.05) is 24.3 Å². The third kappa shape index (κ3) is 5.87. The minimum atomic E-state index is -3.15. The highest BCUT2D eigenvalue weighted by atomic mass is 35.5. The zero-order valence-electron chi connectivity index (χ0n) is 16.1. The summed E-state index contributed by atoms with van der Waals surface area (Å²) >= 11 is 12.2. The first kappa shape index (κ1) is 21.9. The molecule has 1 fully saturated rings. The summed E-state index contributed by atoms with van der Waals surface area (Å²) in [5, 5.41) is 0.936. The Balaban J connectivity index is 1.75. The topological polar surface area (TPSA) is 63.7 Å². The summed E-state index contributed by atoms with van der Waals surface area (Å²) in [5.74, 6) is 0.348. The van der Waals surface area contributed by atoms with Gasteiger partial charge in [0.05, 0.1) is 11.5 Å². The molecule has 1 aliphatic heterocycles. The molecule has 1 heterocycles. The van der Waals surface area contributed by atoms with Crippen LogP contribution in [0.2, 0.25) is 10.0 Å². The van der Waals surface area contributed by atoms with Gasteiger partial charge >= 0.3 is 0 Å². The van der Waals surface area contributed by atoms with Gasteiger partial charge in [0.25, 0.3) is 5.91 Å². The van der Waals surface area contributed by atoms with Crippen molar-refractivity contribution in [2.75, 3.05) is 18.1 Å². The highest BCUT2D eigenvalue weighted by molar-refractivity contribution is 7.91. The first-order chi connectivity index (χ1) is 13.8. The number of halogens is 2. The fourth-order valence-corrected chi connectivity index (χ4v) is 5.52. The number of nitrogens with zero attached hydrogens (tertiary/aromatic N) is 1. The zero-order chi connectivity index (χ0) is 21.0. The quantitative estimate of drug-likeness (QED) is 0.628. The van der Waals surface area contributed by atoms with E-state index in [2.05, 4.69) is 6.92 Å². The number of hydrogen-bond acceptors (Lipinski definition) is 4. The van der Waals surface area contributed by atoms with Crippen molar-refractivity contribution in [1.29, 1.82) is 0 Å². The van der Waals surface area contributed by atoms with Crippen LogP contribution in [0.1, 0.15) is 24.5 Å². The maximum absolute atomic E-state index is 13.0. The SMILES string of the molecule is CCc1ccc(OCC(=O)N(Cc2ccc(Cl)cc2Cl)[C@@H]2CCS(=O)(=O)C2)cc1. The lowest BCUT2D eigenvalue weighted by Crippen LogP contribution is -2.43. The predicted octanol–water partition coefficient (Wildman–Crippen LogP) is 4.15. The molecule has 8 heteroatoms. The average Bonchev–Trinajstić information content (AvgIpc) is 3.05. The summed E-state index contributed by atoms with van der Waals surface area (Å²) in [4.78, 5) is 14.5. The number of amides is 1. The Morgan fingerprint density at radius 1 is 1.17 bits per heavy atom. The molecular weight excluding hydrogens is 433 g/mol. The molecule has 0 N–H and O–H groups in total. The standard InChI is InChI=1S/C21H23Cl2NO4S/c1-2-15-3-7-19(8-4-15)28-13-21(25)24(18-9-10-29(26,27)14-18)12-16-5-6-17(22)11-20(16)23/h3-8,11,18H,2,9-10,12-14H2,1H3/t18-/m1/s1. The smallest absolute Gasteiger partial charge is 0.261 e. The number of rotatable bonds is 7. The fourth-order valence-electron chi connectivity index (χ4n) is 3.32. The lowest BCUT2D eigenvalue weighted by molar-refractivity contribution is -0.136. The number of carbonyl (C=O) groups excluding carboxylic acids is 1. The molecule has 0 bridgehead atoms. The molecule has 0 radical (unpaired) electrons. The molecule has 0 aliphatic carbocycles. The molecule has 156 valence electrons.